The maximum atomic E-state index is 14.0. The number of carbonyl (C=O) groups excluding carboxylic acids is 2. The second-order valence-electron chi connectivity index (χ2n) is 8.71. The van der Waals surface area contributed by atoms with Crippen molar-refractivity contribution in [1.29, 1.82) is 0 Å². The van der Waals surface area contributed by atoms with E-state index >= 15 is 0 Å². The van der Waals surface area contributed by atoms with Gasteiger partial charge < -0.3 is 0 Å². The van der Waals surface area contributed by atoms with Crippen molar-refractivity contribution in [3.8, 4) is 0 Å². The fraction of sp³-hybridized carbons (Fsp3) is 0.200. The van der Waals surface area contributed by atoms with E-state index in [9.17, 15) is 19.7 Å². The van der Waals surface area contributed by atoms with Crippen molar-refractivity contribution in [2.24, 2.45) is 11.8 Å². The van der Waals surface area contributed by atoms with Gasteiger partial charge in [-0.15, -0.1) is 0 Å². The van der Waals surface area contributed by atoms with Gasteiger partial charge in [-0.2, -0.15) is 0 Å². The van der Waals surface area contributed by atoms with E-state index in [-0.39, 0.29) is 17.5 Å². The van der Waals surface area contributed by atoms with Gasteiger partial charge in [0.25, 0.3) is 5.69 Å². The van der Waals surface area contributed by atoms with Crippen LogP contribution in [0.25, 0.3) is 0 Å². The fourth-order valence-corrected chi connectivity index (χ4v) is 8.21. The lowest BCUT2D eigenvalue weighted by atomic mass is 9.54. The van der Waals surface area contributed by atoms with Crippen LogP contribution in [0.4, 0.5) is 11.4 Å². The third kappa shape index (κ3) is 2.33. The molecule has 0 N–H and O–H groups in total. The number of hydrogen-bond donors (Lipinski definition) is 0. The number of hydrogen-bond acceptors (Lipinski definition) is 4. The predicted octanol–water partition coefficient (Wildman–Crippen LogP) is 5.31. The zero-order valence-corrected chi connectivity index (χ0v) is 20.5. The molecule has 3 aromatic carbocycles. The Balaban J connectivity index is 1.61. The number of alkyl halides is 2. The topological polar surface area (TPSA) is 80.5 Å². The molecule has 2 atom stereocenters. The van der Waals surface area contributed by atoms with Crippen LogP contribution in [0, 0.1) is 28.9 Å². The number of anilines is 1. The Kier molecular flexibility index (Phi) is 4.15. The van der Waals surface area contributed by atoms with Crippen molar-refractivity contribution < 1.29 is 14.5 Å². The number of benzene rings is 3. The summed E-state index contributed by atoms with van der Waals surface area (Å²) in [5, 5.41) is 11.2. The molecule has 1 saturated heterocycles. The van der Waals surface area contributed by atoms with Crippen molar-refractivity contribution in [2.45, 2.75) is 15.6 Å². The monoisotopic (exact) mass is 566 g/mol. The summed E-state index contributed by atoms with van der Waals surface area (Å²) < 4.78 is -1.73. The van der Waals surface area contributed by atoms with Crippen LogP contribution in [0.5, 0.6) is 0 Å². The summed E-state index contributed by atoms with van der Waals surface area (Å²) >= 11 is 7.94. The highest BCUT2D eigenvalue weighted by molar-refractivity contribution is 9.10. The molecular weight excluding hydrogens is 552 g/mol. The molecule has 1 fully saturated rings. The number of nitro groups is 1. The van der Waals surface area contributed by atoms with Crippen molar-refractivity contribution in [2.75, 3.05) is 4.90 Å². The fourth-order valence-electron chi connectivity index (χ4n) is 5.91. The van der Waals surface area contributed by atoms with Crippen LogP contribution >= 0.6 is 31.9 Å². The molecule has 4 aliphatic rings. The van der Waals surface area contributed by atoms with Crippen LogP contribution in [0.3, 0.4) is 0 Å². The molecule has 0 spiro atoms. The molecule has 164 valence electrons. The van der Waals surface area contributed by atoms with Gasteiger partial charge >= 0.3 is 0 Å². The summed E-state index contributed by atoms with van der Waals surface area (Å²) in [7, 11) is 0. The van der Waals surface area contributed by atoms with E-state index in [1.807, 2.05) is 48.5 Å². The largest absolute Gasteiger partial charge is 0.274 e. The van der Waals surface area contributed by atoms with Gasteiger partial charge in [0.05, 0.1) is 31.1 Å². The Morgan fingerprint density at radius 2 is 1.24 bits per heavy atom. The number of non-ortho nitro benzene ring substituents is 1. The molecule has 3 aromatic rings. The molecule has 0 aromatic heterocycles. The van der Waals surface area contributed by atoms with E-state index < -0.39 is 25.4 Å². The van der Waals surface area contributed by atoms with Gasteiger partial charge in [0.2, 0.25) is 11.8 Å². The summed E-state index contributed by atoms with van der Waals surface area (Å²) in [6.07, 6.45) is 0. The zero-order valence-electron chi connectivity index (χ0n) is 17.3. The standard InChI is InChI=1S/C25H16Br2N2O4/c1-13-12-14(29(32)33)10-11-19(13)28-22(30)20-21(23(28)31)25(27)16-7-3-2-6-15(16)24(20,26)17-8-4-5-9-18(17)25/h2-12,20-21H,1H3. The molecule has 0 radical (unpaired) electrons. The van der Waals surface area contributed by atoms with Gasteiger partial charge in [-0.05, 0) is 40.8 Å². The van der Waals surface area contributed by atoms with Gasteiger partial charge in [-0.25, -0.2) is 4.90 Å². The third-order valence-corrected chi connectivity index (χ3v) is 9.91. The van der Waals surface area contributed by atoms with Crippen molar-refractivity contribution in [3.05, 3.63) is 105 Å². The quantitative estimate of drug-likeness (QED) is 0.182. The SMILES string of the molecule is Cc1cc([N+](=O)[O-])ccc1N1C(=O)C2C(C1=O)C1(Br)c3ccccc3C2(Br)c2ccccc21. The van der Waals surface area contributed by atoms with E-state index in [0.717, 1.165) is 22.3 Å². The van der Waals surface area contributed by atoms with Crippen molar-refractivity contribution in [1.82, 2.24) is 0 Å². The van der Waals surface area contributed by atoms with E-state index in [1.165, 1.54) is 23.1 Å². The van der Waals surface area contributed by atoms with E-state index in [0.29, 0.717) is 11.3 Å². The number of nitrogens with zero attached hydrogens (tertiary/aromatic N) is 2. The second kappa shape index (κ2) is 6.61. The molecular formula is C25H16Br2N2O4. The van der Waals surface area contributed by atoms with Crippen LogP contribution in [0.2, 0.25) is 0 Å². The van der Waals surface area contributed by atoms with Gasteiger partial charge in [0, 0.05) is 12.1 Å². The van der Waals surface area contributed by atoms with E-state index in [1.54, 1.807) is 6.92 Å². The van der Waals surface area contributed by atoms with Crippen LogP contribution in [-0.2, 0) is 18.2 Å². The highest BCUT2D eigenvalue weighted by atomic mass is 79.9. The number of rotatable bonds is 2. The molecule has 33 heavy (non-hydrogen) atoms. The van der Waals surface area contributed by atoms with Crippen molar-refractivity contribution >= 4 is 55.0 Å². The Bertz CT molecular complexity index is 1300. The molecule has 6 nitrogen and oxygen atoms in total. The Labute approximate surface area is 206 Å². The first kappa shape index (κ1) is 20.7. The minimum atomic E-state index is -0.865. The number of nitro benzene ring substituents is 1. The lowest BCUT2D eigenvalue weighted by molar-refractivity contribution is -0.384. The third-order valence-electron chi connectivity index (χ3n) is 7.22. The van der Waals surface area contributed by atoms with Crippen LogP contribution in [0.1, 0.15) is 27.8 Å². The van der Waals surface area contributed by atoms with Crippen LogP contribution < -0.4 is 4.90 Å². The molecule has 8 heteroatoms. The predicted molar refractivity (Wildman–Crippen MR) is 130 cm³/mol. The summed E-state index contributed by atoms with van der Waals surface area (Å²) in [5.41, 5.74) is 4.65. The molecule has 2 unspecified atom stereocenters. The Morgan fingerprint density at radius 3 is 1.61 bits per heavy atom. The summed E-state index contributed by atoms with van der Waals surface area (Å²) in [6.45, 7) is 1.68. The summed E-state index contributed by atoms with van der Waals surface area (Å²) in [6, 6.07) is 20.0. The first-order valence-corrected chi connectivity index (χ1v) is 12.0. The summed E-state index contributed by atoms with van der Waals surface area (Å²) in [5.74, 6) is -1.98. The molecule has 2 bridgehead atoms. The van der Waals surface area contributed by atoms with Gasteiger partial charge in [-0.3, -0.25) is 19.7 Å². The van der Waals surface area contributed by atoms with Gasteiger partial charge in [0.15, 0.2) is 0 Å². The smallest absolute Gasteiger partial charge is 0.269 e. The first-order chi connectivity index (χ1) is 15.7. The van der Waals surface area contributed by atoms with Crippen molar-refractivity contribution in [3.63, 3.8) is 0 Å². The molecule has 1 aliphatic heterocycles. The molecule has 7 rings (SSSR count). The minimum Gasteiger partial charge on any atom is -0.274 e. The molecule has 1 heterocycles. The number of carbonyl (C=O) groups is 2. The van der Waals surface area contributed by atoms with E-state index in [2.05, 4.69) is 31.9 Å². The highest BCUT2D eigenvalue weighted by Crippen LogP contribution is 2.70. The molecule has 3 aliphatic carbocycles. The number of imide groups is 1. The second-order valence-corrected chi connectivity index (χ2v) is 11.2. The van der Waals surface area contributed by atoms with Gasteiger partial charge in [-0.1, -0.05) is 80.4 Å². The zero-order chi connectivity index (χ0) is 23.3. The average molecular weight is 568 g/mol. The molecule has 0 saturated carbocycles. The lowest BCUT2D eigenvalue weighted by Crippen LogP contribution is -2.56. The summed E-state index contributed by atoms with van der Waals surface area (Å²) in [4.78, 5) is 39.9. The number of halogens is 2. The minimum absolute atomic E-state index is 0.0819. The number of amides is 2. The normalized spacial score (nSPS) is 29.0. The Morgan fingerprint density at radius 1 is 0.818 bits per heavy atom. The van der Waals surface area contributed by atoms with Crippen LogP contribution in [-0.4, -0.2) is 16.7 Å². The van der Waals surface area contributed by atoms with Crippen LogP contribution in [0.15, 0.2) is 66.7 Å². The average Bonchev–Trinajstić information content (AvgIpc) is 3.08. The maximum Gasteiger partial charge on any atom is 0.269 e. The lowest BCUT2D eigenvalue weighted by Gasteiger charge is -2.55. The maximum absolute atomic E-state index is 14.0. The highest BCUT2D eigenvalue weighted by Gasteiger charge is 2.72. The molecule has 2 amide bonds. The Hall–Kier alpha value is -2.84. The van der Waals surface area contributed by atoms with E-state index in [4.69, 9.17) is 0 Å². The first-order valence-electron chi connectivity index (χ1n) is 10.4. The van der Waals surface area contributed by atoms with Gasteiger partial charge in [0.1, 0.15) is 0 Å². The number of aryl methyl sites for hydroxylation is 1.